The highest BCUT2D eigenvalue weighted by Crippen LogP contribution is 2.17. The smallest absolute Gasteiger partial charge is 0.167 e. The van der Waals surface area contributed by atoms with Crippen LogP contribution in [0.5, 0.6) is 0 Å². The van der Waals surface area contributed by atoms with Gasteiger partial charge in [0.25, 0.3) is 0 Å². The molecule has 2 aromatic rings. The van der Waals surface area contributed by atoms with Crippen LogP contribution in [0.2, 0.25) is 0 Å². The Hall–Kier alpha value is -1.35. The van der Waals surface area contributed by atoms with Gasteiger partial charge in [-0.15, -0.1) is 0 Å². The highest BCUT2D eigenvalue weighted by atomic mass is 16.5. The SMILES string of the molecule is OCc1cccc2oncc12. The van der Waals surface area contributed by atoms with Crippen molar-refractivity contribution in [1.82, 2.24) is 5.16 Å². The van der Waals surface area contributed by atoms with Gasteiger partial charge in [-0.05, 0) is 11.6 Å². The van der Waals surface area contributed by atoms with Crippen molar-refractivity contribution in [3.63, 3.8) is 0 Å². The predicted octanol–water partition coefficient (Wildman–Crippen LogP) is 1.32. The summed E-state index contributed by atoms with van der Waals surface area (Å²) >= 11 is 0. The number of rotatable bonds is 1. The molecule has 56 valence electrons. The average molecular weight is 149 g/mol. The van der Waals surface area contributed by atoms with Crippen LogP contribution in [-0.2, 0) is 6.61 Å². The Balaban J connectivity index is 2.79. The number of benzene rings is 1. The van der Waals surface area contributed by atoms with Crippen LogP contribution in [0.15, 0.2) is 28.9 Å². The minimum atomic E-state index is 0.0263. The molecule has 2 rings (SSSR count). The van der Waals surface area contributed by atoms with Gasteiger partial charge in [-0.25, -0.2) is 0 Å². The van der Waals surface area contributed by atoms with Crippen LogP contribution in [0.1, 0.15) is 5.56 Å². The van der Waals surface area contributed by atoms with E-state index in [0.29, 0.717) is 0 Å². The van der Waals surface area contributed by atoms with Gasteiger partial charge in [0.15, 0.2) is 5.58 Å². The average Bonchev–Trinajstić information content (AvgIpc) is 2.50. The quantitative estimate of drug-likeness (QED) is 0.665. The Morgan fingerprint density at radius 2 is 2.36 bits per heavy atom. The maximum atomic E-state index is 8.88. The van der Waals surface area contributed by atoms with Crippen molar-refractivity contribution in [2.24, 2.45) is 0 Å². The van der Waals surface area contributed by atoms with Gasteiger partial charge in [0.05, 0.1) is 12.8 Å². The number of hydrogen-bond acceptors (Lipinski definition) is 3. The molecule has 0 radical (unpaired) electrons. The first kappa shape index (κ1) is 6.37. The van der Waals surface area contributed by atoms with Crippen molar-refractivity contribution in [3.05, 3.63) is 30.0 Å². The third kappa shape index (κ3) is 0.897. The Bertz CT molecular complexity index is 367. The van der Waals surface area contributed by atoms with Gasteiger partial charge in [0.2, 0.25) is 0 Å². The van der Waals surface area contributed by atoms with Gasteiger partial charge in [0.1, 0.15) is 0 Å². The second-order valence-corrected chi connectivity index (χ2v) is 2.31. The Labute approximate surface area is 63.2 Å². The van der Waals surface area contributed by atoms with Crippen molar-refractivity contribution in [2.45, 2.75) is 6.61 Å². The van der Waals surface area contributed by atoms with Crippen LogP contribution in [0.25, 0.3) is 11.0 Å². The molecule has 0 spiro atoms. The molecule has 0 fully saturated rings. The van der Waals surface area contributed by atoms with Gasteiger partial charge in [-0.2, -0.15) is 0 Å². The monoisotopic (exact) mass is 149 g/mol. The van der Waals surface area contributed by atoms with E-state index in [1.54, 1.807) is 6.20 Å². The van der Waals surface area contributed by atoms with Gasteiger partial charge in [-0.3, -0.25) is 0 Å². The number of aliphatic hydroxyl groups excluding tert-OH is 1. The molecule has 0 aliphatic carbocycles. The van der Waals surface area contributed by atoms with E-state index in [4.69, 9.17) is 9.63 Å². The van der Waals surface area contributed by atoms with Gasteiger partial charge < -0.3 is 9.63 Å². The molecule has 0 amide bonds. The number of aliphatic hydroxyl groups is 1. The molecule has 0 saturated carbocycles. The molecular weight excluding hydrogens is 142 g/mol. The van der Waals surface area contributed by atoms with Crippen molar-refractivity contribution in [1.29, 1.82) is 0 Å². The van der Waals surface area contributed by atoms with Crippen molar-refractivity contribution >= 4 is 11.0 Å². The fraction of sp³-hybridized carbons (Fsp3) is 0.125. The molecule has 1 aromatic heterocycles. The standard InChI is InChI=1S/C8H7NO2/c10-5-6-2-1-3-8-7(6)4-9-11-8/h1-4,10H,5H2. The number of nitrogens with zero attached hydrogens (tertiary/aromatic N) is 1. The molecule has 0 bridgehead atoms. The Morgan fingerprint density at radius 3 is 3.18 bits per heavy atom. The summed E-state index contributed by atoms with van der Waals surface area (Å²) in [4.78, 5) is 0. The summed E-state index contributed by atoms with van der Waals surface area (Å²) < 4.78 is 4.90. The first-order valence-corrected chi connectivity index (χ1v) is 3.35. The lowest BCUT2D eigenvalue weighted by atomic mass is 10.1. The lowest BCUT2D eigenvalue weighted by molar-refractivity contribution is 0.283. The maximum Gasteiger partial charge on any atom is 0.167 e. The van der Waals surface area contributed by atoms with E-state index in [1.165, 1.54) is 0 Å². The van der Waals surface area contributed by atoms with Crippen LogP contribution >= 0.6 is 0 Å². The molecule has 1 aromatic carbocycles. The summed E-state index contributed by atoms with van der Waals surface area (Å²) in [5.74, 6) is 0. The normalized spacial score (nSPS) is 10.6. The van der Waals surface area contributed by atoms with Crippen LogP contribution < -0.4 is 0 Å². The van der Waals surface area contributed by atoms with E-state index in [1.807, 2.05) is 18.2 Å². The van der Waals surface area contributed by atoms with Crippen molar-refractivity contribution < 1.29 is 9.63 Å². The lowest BCUT2D eigenvalue weighted by Crippen LogP contribution is -1.81. The van der Waals surface area contributed by atoms with Crippen LogP contribution in [0.3, 0.4) is 0 Å². The summed E-state index contributed by atoms with van der Waals surface area (Å²) in [6, 6.07) is 5.50. The Morgan fingerprint density at radius 1 is 1.45 bits per heavy atom. The molecule has 0 unspecified atom stereocenters. The minimum absolute atomic E-state index is 0.0263. The largest absolute Gasteiger partial charge is 0.392 e. The summed E-state index contributed by atoms with van der Waals surface area (Å²) in [6.45, 7) is 0.0263. The van der Waals surface area contributed by atoms with Crippen molar-refractivity contribution in [3.8, 4) is 0 Å². The second-order valence-electron chi connectivity index (χ2n) is 2.31. The number of fused-ring (bicyclic) bond motifs is 1. The highest BCUT2D eigenvalue weighted by Gasteiger charge is 2.01. The third-order valence-electron chi connectivity index (χ3n) is 1.66. The maximum absolute atomic E-state index is 8.88. The van der Waals surface area contributed by atoms with Gasteiger partial charge >= 0.3 is 0 Å². The summed E-state index contributed by atoms with van der Waals surface area (Å²) in [6.07, 6.45) is 1.61. The molecule has 1 heterocycles. The fourth-order valence-electron chi connectivity index (χ4n) is 1.09. The number of aromatic nitrogens is 1. The minimum Gasteiger partial charge on any atom is -0.392 e. The van der Waals surface area contributed by atoms with Crippen LogP contribution in [0.4, 0.5) is 0 Å². The van der Waals surface area contributed by atoms with E-state index in [9.17, 15) is 0 Å². The summed E-state index contributed by atoms with van der Waals surface area (Å²) in [5, 5.41) is 13.4. The fourth-order valence-corrected chi connectivity index (χ4v) is 1.09. The lowest BCUT2D eigenvalue weighted by Gasteiger charge is -1.93. The molecule has 0 aliphatic heterocycles. The van der Waals surface area contributed by atoms with E-state index in [2.05, 4.69) is 5.16 Å². The van der Waals surface area contributed by atoms with E-state index in [-0.39, 0.29) is 6.61 Å². The molecule has 0 atom stereocenters. The molecule has 0 saturated heterocycles. The summed E-state index contributed by atoms with van der Waals surface area (Å²) in [5.41, 5.74) is 1.57. The molecule has 3 nitrogen and oxygen atoms in total. The zero-order valence-electron chi connectivity index (χ0n) is 5.82. The topological polar surface area (TPSA) is 46.3 Å². The highest BCUT2D eigenvalue weighted by molar-refractivity contribution is 5.79. The second kappa shape index (κ2) is 2.36. The van der Waals surface area contributed by atoms with Crippen LogP contribution in [-0.4, -0.2) is 10.3 Å². The first-order chi connectivity index (χ1) is 5.42. The van der Waals surface area contributed by atoms with E-state index < -0.39 is 0 Å². The van der Waals surface area contributed by atoms with E-state index in [0.717, 1.165) is 16.5 Å². The molecule has 1 N–H and O–H groups in total. The summed E-state index contributed by atoms with van der Waals surface area (Å²) in [7, 11) is 0. The molecule has 11 heavy (non-hydrogen) atoms. The zero-order valence-corrected chi connectivity index (χ0v) is 5.82. The molecular formula is C8H7NO2. The van der Waals surface area contributed by atoms with Gasteiger partial charge in [-0.1, -0.05) is 17.3 Å². The van der Waals surface area contributed by atoms with Crippen LogP contribution in [0, 0.1) is 0 Å². The Kier molecular flexibility index (Phi) is 1.36. The molecule has 3 heteroatoms. The van der Waals surface area contributed by atoms with E-state index >= 15 is 0 Å². The first-order valence-electron chi connectivity index (χ1n) is 3.35. The predicted molar refractivity (Wildman–Crippen MR) is 39.9 cm³/mol. The van der Waals surface area contributed by atoms with Gasteiger partial charge in [0, 0.05) is 5.39 Å². The molecule has 0 aliphatic rings. The van der Waals surface area contributed by atoms with Crippen molar-refractivity contribution in [2.75, 3.05) is 0 Å². The third-order valence-corrected chi connectivity index (χ3v) is 1.66. The zero-order chi connectivity index (χ0) is 7.68. The number of hydrogen-bond donors (Lipinski definition) is 1.